The molecule has 0 fully saturated rings. The summed E-state index contributed by atoms with van der Waals surface area (Å²) >= 11 is 0. The smallest absolute Gasteiger partial charge is 0.358 e. The van der Waals surface area contributed by atoms with Crippen molar-refractivity contribution >= 4 is 5.97 Å². The van der Waals surface area contributed by atoms with Gasteiger partial charge in [0, 0.05) is 6.92 Å². The third-order valence-electron chi connectivity index (χ3n) is 1.63. The molecule has 15 heavy (non-hydrogen) atoms. The molecule has 8 heteroatoms. The molecule has 2 heterocycles. The van der Waals surface area contributed by atoms with Crippen molar-refractivity contribution in [3.05, 3.63) is 23.6 Å². The lowest BCUT2D eigenvalue weighted by Crippen LogP contribution is -2.02. The topological polar surface area (TPSA) is 107 Å². The van der Waals surface area contributed by atoms with Gasteiger partial charge in [0.05, 0.1) is 6.20 Å². The first-order valence-electron chi connectivity index (χ1n) is 4.08. The van der Waals surface area contributed by atoms with Crippen LogP contribution in [0.5, 0.6) is 0 Å². The average molecular weight is 209 g/mol. The first-order valence-corrected chi connectivity index (χ1v) is 4.08. The Bertz CT molecular complexity index is 488. The van der Waals surface area contributed by atoms with Crippen molar-refractivity contribution in [3.63, 3.8) is 0 Å². The van der Waals surface area contributed by atoms with E-state index in [1.807, 2.05) is 0 Å². The summed E-state index contributed by atoms with van der Waals surface area (Å²) < 4.78 is 6.08. The maximum absolute atomic E-state index is 10.5. The monoisotopic (exact) mass is 209 g/mol. The molecule has 0 aromatic carbocycles. The van der Waals surface area contributed by atoms with Crippen LogP contribution in [0, 0.1) is 6.92 Å². The molecule has 0 aliphatic heterocycles. The van der Waals surface area contributed by atoms with Crippen LogP contribution in [0.4, 0.5) is 0 Å². The van der Waals surface area contributed by atoms with Gasteiger partial charge in [-0.3, -0.25) is 0 Å². The van der Waals surface area contributed by atoms with E-state index in [0.29, 0.717) is 11.7 Å². The molecule has 0 spiro atoms. The summed E-state index contributed by atoms with van der Waals surface area (Å²) in [7, 11) is 0. The molecule has 0 radical (unpaired) electrons. The molecule has 0 saturated heterocycles. The molecular weight excluding hydrogens is 202 g/mol. The van der Waals surface area contributed by atoms with Crippen molar-refractivity contribution in [1.29, 1.82) is 0 Å². The fourth-order valence-electron chi connectivity index (χ4n) is 1.02. The van der Waals surface area contributed by atoms with Crippen LogP contribution in [0.15, 0.2) is 10.7 Å². The van der Waals surface area contributed by atoms with Crippen LogP contribution < -0.4 is 0 Å². The van der Waals surface area contributed by atoms with Crippen LogP contribution in [0.3, 0.4) is 0 Å². The van der Waals surface area contributed by atoms with Crippen LogP contribution >= 0.6 is 0 Å². The molecule has 0 aliphatic carbocycles. The zero-order chi connectivity index (χ0) is 10.8. The van der Waals surface area contributed by atoms with Gasteiger partial charge in [0.25, 0.3) is 0 Å². The van der Waals surface area contributed by atoms with E-state index in [9.17, 15) is 4.79 Å². The van der Waals surface area contributed by atoms with E-state index in [4.69, 9.17) is 9.63 Å². The molecular formula is C7H7N5O3. The van der Waals surface area contributed by atoms with Crippen LogP contribution in [-0.2, 0) is 6.54 Å². The van der Waals surface area contributed by atoms with Gasteiger partial charge in [-0.1, -0.05) is 10.4 Å². The van der Waals surface area contributed by atoms with E-state index in [1.165, 1.54) is 10.9 Å². The first-order chi connectivity index (χ1) is 7.15. The third kappa shape index (κ3) is 1.98. The summed E-state index contributed by atoms with van der Waals surface area (Å²) in [5.41, 5.74) is -0.116. The fraction of sp³-hybridized carbons (Fsp3) is 0.286. The summed E-state index contributed by atoms with van der Waals surface area (Å²) in [4.78, 5) is 14.5. The number of carboxylic acids is 1. The van der Waals surface area contributed by atoms with Gasteiger partial charge in [-0.05, 0) is 0 Å². The first kappa shape index (κ1) is 9.31. The Kier molecular flexibility index (Phi) is 2.16. The molecule has 78 valence electrons. The molecule has 0 saturated carbocycles. The van der Waals surface area contributed by atoms with Gasteiger partial charge in [0.15, 0.2) is 11.5 Å². The van der Waals surface area contributed by atoms with E-state index < -0.39 is 5.97 Å². The standard InChI is InChI=1S/C7H7N5O3/c1-4-8-6(10-15-4)3-12-2-5(7(13)14)9-11-12/h2H,3H2,1H3,(H,13,14). The van der Waals surface area contributed by atoms with Crippen LogP contribution in [0.2, 0.25) is 0 Å². The molecule has 0 bridgehead atoms. The highest BCUT2D eigenvalue weighted by Crippen LogP contribution is 1.99. The number of carbonyl (C=O) groups is 1. The average Bonchev–Trinajstić information content (AvgIpc) is 2.76. The molecule has 8 nitrogen and oxygen atoms in total. The van der Waals surface area contributed by atoms with Gasteiger partial charge in [-0.15, -0.1) is 5.10 Å². The van der Waals surface area contributed by atoms with Gasteiger partial charge in [-0.25, -0.2) is 9.48 Å². The van der Waals surface area contributed by atoms with E-state index in [2.05, 4.69) is 20.5 Å². The minimum atomic E-state index is -1.12. The van der Waals surface area contributed by atoms with Gasteiger partial charge in [-0.2, -0.15) is 4.98 Å². The number of aromatic nitrogens is 5. The molecule has 1 N–H and O–H groups in total. The molecule has 0 unspecified atom stereocenters. The lowest BCUT2D eigenvalue weighted by atomic mass is 10.5. The SMILES string of the molecule is Cc1nc(Cn2cc(C(=O)O)nn2)no1. The Morgan fingerprint density at radius 3 is 3.00 bits per heavy atom. The molecule has 0 amide bonds. The maximum Gasteiger partial charge on any atom is 0.358 e. The molecule has 2 aromatic rings. The van der Waals surface area contributed by atoms with Gasteiger partial charge in [0.2, 0.25) is 5.89 Å². The maximum atomic E-state index is 10.5. The van der Waals surface area contributed by atoms with Gasteiger partial charge < -0.3 is 9.63 Å². The zero-order valence-corrected chi connectivity index (χ0v) is 7.78. The van der Waals surface area contributed by atoms with E-state index in [-0.39, 0.29) is 12.2 Å². The lowest BCUT2D eigenvalue weighted by molar-refractivity contribution is 0.0690. The molecule has 2 aromatic heterocycles. The minimum Gasteiger partial charge on any atom is -0.476 e. The zero-order valence-electron chi connectivity index (χ0n) is 7.78. The molecule has 2 rings (SSSR count). The van der Waals surface area contributed by atoms with Crippen molar-refractivity contribution in [2.24, 2.45) is 0 Å². The van der Waals surface area contributed by atoms with Crippen LogP contribution in [0.25, 0.3) is 0 Å². The second-order valence-corrected chi connectivity index (χ2v) is 2.84. The minimum absolute atomic E-state index is 0.116. The van der Waals surface area contributed by atoms with E-state index >= 15 is 0 Å². The van der Waals surface area contributed by atoms with E-state index in [0.717, 1.165) is 0 Å². The lowest BCUT2D eigenvalue weighted by Gasteiger charge is -1.91. The van der Waals surface area contributed by atoms with E-state index in [1.54, 1.807) is 6.92 Å². The second kappa shape index (κ2) is 3.48. The number of aromatic carboxylic acids is 1. The Hall–Kier alpha value is -2.25. The Morgan fingerprint density at radius 1 is 1.67 bits per heavy atom. The number of aryl methyl sites for hydroxylation is 1. The Balaban J connectivity index is 2.14. The van der Waals surface area contributed by atoms with Crippen LogP contribution in [-0.4, -0.2) is 36.2 Å². The van der Waals surface area contributed by atoms with Gasteiger partial charge in [0.1, 0.15) is 6.54 Å². The summed E-state index contributed by atoms with van der Waals surface area (Å²) in [6.45, 7) is 1.90. The fourth-order valence-corrected chi connectivity index (χ4v) is 1.02. The van der Waals surface area contributed by atoms with Crippen molar-refractivity contribution < 1.29 is 14.4 Å². The normalized spacial score (nSPS) is 10.5. The quantitative estimate of drug-likeness (QED) is 0.740. The number of hydrogen-bond acceptors (Lipinski definition) is 6. The highest BCUT2D eigenvalue weighted by Gasteiger charge is 2.10. The van der Waals surface area contributed by atoms with Crippen LogP contribution in [0.1, 0.15) is 22.2 Å². The predicted molar refractivity (Wildman–Crippen MR) is 45.1 cm³/mol. The molecule has 0 aliphatic rings. The van der Waals surface area contributed by atoms with Crippen molar-refractivity contribution in [1.82, 2.24) is 25.1 Å². The predicted octanol–water partition coefficient (Wildman–Crippen LogP) is -0.284. The summed E-state index contributed by atoms with van der Waals surface area (Å²) in [6.07, 6.45) is 1.30. The number of carboxylic acid groups (broad SMARTS) is 1. The number of rotatable bonds is 3. The van der Waals surface area contributed by atoms with Crippen molar-refractivity contribution in [2.75, 3.05) is 0 Å². The molecule has 0 atom stereocenters. The largest absolute Gasteiger partial charge is 0.476 e. The summed E-state index contributed by atoms with van der Waals surface area (Å²) in [5, 5.41) is 19.3. The highest BCUT2D eigenvalue weighted by molar-refractivity contribution is 5.84. The summed E-state index contributed by atoms with van der Waals surface area (Å²) in [6, 6.07) is 0. The Morgan fingerprint density at radius 2 is 2.47 bits per heavy atom. The van der Waals surface area contributed by atoms with Gasteiger partial charge >= 0.3 is 5.97 Å². The Labute approximate surface area is 83.5 Å². The second-order valence-electron chi connectivity index (χ2n) is 2.84. The van der Waals surface area contributed by atoms with Crippen molar-refractivity contribution in [3.8, 4) is 0 Å². The third-order valence-corrected chi connectivity index (χ3v) is 1.63. The van der Waals surface area contributed by atoms with Crippen molar-refractivity contribution in [2.45, 2.75) is 13.5 Å². The number of nitrogens with zero attached hydrogens (tertiary/aromatic N) is 5. The highest BCUT2D eigenvalue weighted by atomic mass is 16.5. The summed E-state index contributed by atoms with van der Waals surface area (Å²) in [5.74, 6) is -0.247. The number of hydrogen-bond donors (Lipinski definition) is 1.